The number of carbonyl (C=O) groups excluding carboxylic acids is 2. The fourth-order valence-corrected chi connectivity index (χ4v) is 3.74. The molecular weight excluding hydrogens is 477 g/mol. The summed E-state index contributed by atoms with van der Waals surface area (Å²) in [5, 5.41) is 17.2. The Morgan fingerprint density at radius 3 is 2.57 bits per heavy atom. The molecule has 198 valence electrons. The number of halogens is 1. The number of rotatable bonds is 9. The number of alkyl carbamates (subject to hydrolysis) is 1. The maximum absolute atomic E-state index is 13.6. The monoisotopic (exact) mass is 511 g/mol. The van der Waals surface area contributed by atoms with Gasteiger partial charge >= 0.3 is 6.09 Å². The highest BCUT2D eigenvalue weighted by Crippen LogP contribution is 2.22. The number of hydrogen-bond donors (Lipinski definition) is 5. The van der Waals surface area contributed by atoms with Gasteiger partial charge in [0.1, 0.15) is 22.6 Å². The molecule has 37 heavy (non-hydrogen) atoms. The number of hydrogen-bond acceptors (Lipinski definition) is 7. The highest BCUT2D eigenvalue weighted by molar-refractivity contribution is 6.14. The van der Waals surface area contributed by atoms with Crippen LogP contribution in [0.15, 0.2) is 30.6 Å². The lowest BCUT2D eigenvalue weighted by Crippen LogP contribution is -2.44. The van der Waals surface area contributed by atoms with Crippen LogP contribution < -0.4 is 16.0 Å². The summed E-state index contributed by atoms with van der Waals surface area (Å²) in [6.07, 6.45) is 3.73. The number of nitrogens with one attached hydrogen (secondary N) is 5. The van der Waals surface area contributed by atoms with Gasteiger partial charge < -0.3 is 25.7 Å². The van der Waals surface area contributed by atoms with Gasteiger partial charge in [-0.15, -0.1) is 0 Å². The lowest BCUT2D eigenvalue weighted by molar-refractivity contribution is 0.0524. The maximum Gasteiger partial charge on any atom is 0.407 e. The van der Waals surface area contributed by atoms with Crippen molar-refractivity contribution in [1.82, 2.24) is 25.6 Å². The third kappa shape index (κ3) is 7.25. The number of H-pyrrole nitrogens is 1. The maximum atomic E-state index is 13.6. The number of aromatic amines is 1. The molecule has 3 aromatic rings. The smallest absolute Gasteiger partial charge is 0.407 e. The molecule has 2 amide bonds. The molecule has 0 aliphatic carbocycles. The lowest BCUT2D eigenvalue weighted by atomic mass is 9.98. The molecule has 1 aromatic carbocycles. The summed E-state index contributed by atoms with van der Waals surface area (Å²) in [7, 11) is 1.64. The van der Waals surface area contributed by atoms with E-state index in [1.807, 2.05) is 13.8 Å². The van der Waals surface area contributed by atoms with Crippen molar-refractivity contribution < 1.29 is 18.7 Å². The van der Waals surface area contributed by atoms with E-state index in [0.29, 0.717) is 47.4 Å². The molecule has 0 aliphatic heterocycles. The Balaban J connectivity index is 1.69. The van der Waals surface area contributed by atoms with E-state index < -0.39 is 23.1 Å². The van der Waals surface area contributed by atoms with Crippen molar-refractivity contribution in [3.05, 3.63) is 53.2 Å². The zero-order chi connectivity index (χ0) is 27.4. The van der Waals surface area contributed by atoms with Crippen LogP contribution in [-0.4, -0.2) is 57.4 Å². The molecule has 0 saturated heterocycles. The third-order valence-corrected chi connectivity index (χ3v) is 5.50. The molecule has 0 atom stereocenters. The Bertz CT molecular complexity index is 1310. The van der Waals surface area contributed by atoms with Gasteiger partial charge in [0.15, 0.2) is 5.65 Å². The molecule has 5 N–H and O–H groups in total. The fourth-order valence-electron chi connectivity index (χ4n) is 3.74. The van der Waals surface area contributed by atoms with Gasteiger partial charge in [-0.05, 0) is 65.7 Å². The van der Waals surface area contributed by atoms with Crippen molar-refractivity contribution in [2.24, 2.45) is 0 Å². The number of anilines is 1. The first-order valence-corrected chi connectivity index (χ1v) is 12.0. The minimum absolute atomic E-state index is 0.0455. The van der Waals surface area contributed by atoms with Crippen LogP contribution in [0.1, 0.15) is 69.1 Å². The highest BCUT2D eigenvalue weighted by atomic mass is 19.1. The molecule has 11 heteroatoms. The zero-order valence-electron chi connectivity index (χ0n) is 22.0. The molecule has 0 bridgehead atoms. The van der Waals surface area contributed by atoms with Crippen LogP contribution in [0, 0.1) is 11.2 Å². The Labute approximate surface area is 215 Å². The quantitative estimate of drug-likeness (QED) is 0.213. The van der Waals surface area contributed by atoms with Crippen molar-refractivity contribution >= 4 is 34.6 Å². The van der Waals surface area contributed by atoms with E-state index in [9.17, 15) is 14.0 Å². The summed E-state index contributed by atoms with van der Waals surface area (Å²) < 4.78 is 18.9. The van der Waals surface area contributed by atoms with Gasteiger partial charge in [-0.3, -0.25) is 10.2 Å². The molecule has 3 rings (SSSR count). The number of aromatic nitrogens is 3. The third-order valence-electron chi connectivity index (χ3n) is 5.50. The largest absolute Gasteiger partial charge is 0.444 e. The minimum atomic E-state index is -0.566. The number of ether oxygens (including phenoxy) is 1. The Morgan fingerprint density at radius 1 is 1.16 bits per heavy atom. The van der Waals surface area contributed by atoms with Crippen molar-refractivity contribution in [3.8, 4) is 0 Å². The Kier molecular flexibility index (Phi) is 8.15. The molecule has 0 fully saturated rings. The van der Waals surface area contributed by atoms with Crippen LogP contribution in [0.3, 0.4) is 0 Å². The summed E-state index contributed by atoms with van der Waals surface area (Å²) in [4.78, 5) is 36.7. The van der Waals surface area contributed by atoms with Crippen LogP contribution >= 0.6 is 0 Å². The summed E-state index contributed by atoms with van der Waals surface area (Å²) in [6.45, 7) is 9.61. The van der Waals surface area contributed by atoms with E-state index in [-0.39, 0.29) is 17.3 Å². The van der Waals surface area contributed by atoms with Gasteiger partial charge in [-0.25, -0.2) is 19.2 Å². The zero-order valence-corrected chi connectivity index (χ0v) is 22.0. The number of carbonyl (C=O) groups is 2. The number of fused-ring (bicyclic) bond motifs is 1. The molecule has 2 heterocycles. The van der Waals surface area contributed by atoms with Gasteiger partial charge in [0.2, 0.25) is 0 Å². The summed E-state index contributed by atoms with van der Waals surface area (Å²) >= 11 is 0. The summed E-state index contributed by atoms with van der Waals surface area (Å²) in [5.41, 5.74) is 1.10. The molecule has 10 nitrogen and oxygen atoms in total. The van der Waals surface area contributed by atoms with Crippen LogP contribution in [0.25, 0.3) is 11.2 Å². The van der Waals surface area contributed by atoms with Crippen molar-refractivity contribution in [3.63, 3.8) is 0 Å². The van der Waals surface area contributed by atoms with Gasteiger partial charge in [0.25, 0.3) is 5.91 Å². The van der Waals surface area contributed by atoms with Crippen molar-refractivity contribution in [1.29, 1.82) is 5.41 Å². The van der Waals surface area contributed by atoms with E-state index in [0.717, 1.165) is 0 Å². The predicted octanol–water partition coefficient (Wildman–Crippen LogP) is 4.37. The lowest BCUT2D eigenvalue weighted by Gasteiger charge is -2.26. The van der Waals surface area contributed by atoms with Crippen LogP contribution in [-0.2, 0) is 4.74 Å². The van der Waals surface area contributed by atoms with E-state index in [1.165, 1.54) is 30.6 Å². The second-order valence-electron chi connectivity index (χ2n) is 10.3. The van der Waals surface area contributed by atoms with Crippen LogP contribution in [0.5, 0.6) is 0 Å². The van der Waals surface area contributed by atoms with E-state index in [2.05, 4.69) is 30.9 Å². The van der Waals surface area contributed by atoms with Gasteiger partial charge in [0, 0.05) is 36.6 Å². The van der Waals surface area contributed by atoms with E-state index >= 15 is 0 Å². The standard InChI is InChI=1S/C26H34FN7O3/c1-25(2,3)37-24(36)30-11-7-10-26(4,5)34-23(35)17-13-31-22-21(17)33-19(14-32-22)20(28)16-9-8-15(27)12-18(16)29-6/h8-9,12-14,28-29H,7,10-11H2,1-6H3,(H,30,36)(H,31,32)(H,34,35). The molecule has 0 unspecified atom stereocenters. The number of amides is 2. The molecule has 0 aliphatic rings. The number of nitrogens with zero attached hydrogens (tertiary/aromatic N) is 2. The Hall–Kier alpha value is -4.02. The number of benzene rings is 1. The molecular formula is C26H34FN7O3. The normalized spacial score (nSPS) is 11.8. The summed E-state index contributed by atoms with van der Waals surface area (Å²) in [6, 6.07) is 4.08. The molecule has 2 aromatic heterocycles. The highest BCUT2D eigenvalue weighted by Gasteiger charge is 2.24. The van der Waals surface area contributed by atoms with Gasteiger partial charge in [0.05, 0.1) is 17.5 Å². The second-order valence-corrected chi connectivity index (χ2v) is 10.3. The van der Waals surface area contributed by atoms with Crippen molar-refractivity contribution in [2.45, 2.75) is 58.6 Å². The average molecular weight is 512 g/mol. The van der Waals surface area contributed by atoms with E-state index in [1.54, 1.807) is 27.8 Å². The molecule has 0 saturated carbocycles. The van der Waals surface area contributed by atoms with E-state index in [4.69, 9.17) is 10.1 Å². The molecule has 0 radical (unpaired) electrons. The van der Waals surface area contributed by atoms with Gasteiger partial charge in [-0.2, -0.15) is 0 Å². The average Bonchev–Trinajstić information content (AvgIpc) is 3.23. The SMILES string of the molecule is CNc1cc(F)ccc1C(=N)c1cnc2[nH]cc(C(=O)NC(C)(C)CCCNC(=O)OC(C)(C)C)c2n1. The fraction of sp³-hybridized carbons (Fsp3) is 0.423. The van der Waals surface area contributed by atoms with Crippen molar-refractivity contribution in [2.75, 3.05) is 18.9 Å². The first-order valence-electron chi connectivity index (χ1n) is 12.0. The Morgan fingerprint density at radius 2 is 1.89 bits per heavy atom. The predicted molar refractivity (Wildman–Crippen MR) is 141 cm³/mol. The minimum Gasteiger partial charge on any atom is -0.444 e. The molecule has 0 spiro atoms. The van der Waals surface area contributed by atoms with Crippen LogP contribution in [0.4, 0.5) is 14.9 Å². The second kappa shape index (κ2) is 10.9. The van der Waals surface area contributed by atoms with Gasteiger partial charge in [-0.1, -0.05) is 0 Å². The van der Waals surface area contributed by atoms with Crippen LogP contribution in [0.2, 0.25) is 0 Å². The summed E-state index contributed by atoms with van der Waals surface area (Å²) in [5.74, 6) is -0.762. The topological polar surface area (TPSA) is 145 Å². The first kappa shape index (κ1) is 27.6. The first-order chi connectivity index (χ1) is 17.3.